The smallest absolute Gasteiger partial charge is 0.255 e. The van der Waals surface area contributed by atoms with Crippen LogP contribution < -0.4 is 15.1 Å². The maximum atomic E-state index is 14.2. The summed E-state index contributed by atoms with van der Waals surface area (Å²) < 4.78 is 14.2. The highest BCUT2D eigenvalue weighted by atomic mass is 19.1. The largest absolute Gasteiger partial charge is 0.314 e. The lowest BCUT2D eigenvalue weighted by atomic mass is 9.94. The molecular formula is C26H31FN4O2. The van der Waals surface area contributed by atoms with E-state index in [2.05, 4.69) is 10.2 Å². The number of nitrogens with zero attached hydrogens (tertiary/aromatic N) is 3. The average molecular weight is 451 g/mol. The van der Waals surface area contributed by atoms with E-state index in [0.717, 1.165) is 63.1 Å². The minimum Gasteiger partial charge on any atom is -0.314 e. The van der Waals surface area contributed by atoms with E-state index in [0.29, 0.717) is 5.69 Å². The van der Waals surface area contributed by atoms with Crippen LogP contribution >= 0.6 is 0 Å². The Hall–Kier alpha value is -2.77. The highest BCUT2D eigenvalue weighted by Gasteiger charge is 2.45. The summed E-state index contributed by atoms with van der Waals surface area (Å²) in [6.07, 6.45) is 5.36. The lowest BCUT2D eigenvalue weighted by molar-refractivity contribution is -0.125. The zero-order chi connectivity index (χ0) is 22.8. The fourth-order valence-electron chi connectivity index (χ4n) is 5.49. The molecule has 1 aliphatic carbocycles. The molecule has 5 rings (SSSR count). The Bertz CT molecular complexity index is 1020. The number of anilines is 2. The standard InChI is InChI=1S/C26H31FN4O2/c27-19-7-6-10-21(17-19)31(24(32)18-29-15-13-28-14-16-29)25-22-11-4-5-12-23(22)30(26(25)33)20-8-2-1-3-9-20/h4-7,10-12,17,20,25,28H,1-3,8-9,13-16,18H2. The highest BCUT2D eigenvalue weighted by molar-refractivity contribution is 6.12. The number of piperazine rings is 1. The van der Waals surface area contributed by atoms with Crippen molar-refractivity contribution in [2.75, 3.05) is 42.5 Å². The van der Waals surface area contributed by atoms with Crippen LogP contribution in [0.5, 0.6) is 0 Å². The Kier molecular flexibility index (Phi) is 6.42. The molecule has 2 heterocycles. The number of hydrogen-bond donors (Lipinski definition) is 1. The van der Waals surface area contributed by atoms with Gasteiger partial charge in [0.05, 0.1) is 6.54 Å². The van der Waals surface area contributed by atoms with Gasteiger partial charge in [0.1, 0.15) is 11.9 Å². The summed E-state index contributed by atoms with van der Waals surface area (Å²) in [7, 11) is 0. The Balaban J connectivity index is 1.53. The molecule has 0 radical (unpaired) electrons. The van der Waals surface area contributed by atoms with Crippen molar-refractivity contribution in [2.45, 2.75) is 44.2 Å². The van der Waals surface area contributed by atoms with Crippen molar-refractivity contribution in [1.29, 1.82) is 0 Å². The molecule has 33 heavy (non-hydrogen) atoms. The van der Waals surface area contributed by atoms with E-state index < -0.39 is 11.9 Å². The molecule has 174 valence electrons. The van der Waals surface area contributed by atoms with Crippen LogP contribution in [0.1, 0.15) is 43.7 Å². The zero-order valence-corrected chi connectivity index (χ0v) is 18.9. The molecule has 2 aromatic rings. The van der Waals surface area contributed by atoms with Gasteiger partial charge in [0, 0.05) is 49.2 Å². The zero-order valence-electron chi connectivity index (χ0n) is 18.9. The number of fused-ring (bicyclic) bond motifs is 1. The Morgan fingerprint density at radius 2 is 1.79 bits per heavy atom. The van der Waals surface area contributed by atoms with E-state index in [1.807, 2.05) is 29.2 Å². The topological polar surface area (TPSA) is 55.9 Å². The molecule has 7 heteroatoms. The van der Waals surface area contributed by atoms with Gasteiger partial charge in [-0.05, 0) is 37.1 Å². The molecule has 1 saturated heterocycles. The summed E-state index contributed by atoms with van der Waals surface area (Å²) in [5.41, 5.74) is 2.13. The van der Waals surface area contributed by atoms with Crippen LogP contribution in [0, 0.1) is 5.82 Å². The number of carbonyl (C=O) groups is 2. The maximum Gasteiger partial charge on any atom is 0.255 e. The van der Waals surface area contributed by atoms with Crippen LogP contribution in [-0.4, -0.2) is 55.5 Å². The molecule has 3 aliphatic rings. The predicted octanol–water partition coefficient (Wildman–Crippen LogP) is 3.48. The van der Waals surface area contributed by atoms with Crippen molar-refractivity contribution in [3.63, 3.8) is 0 Å². The van der Waals surface area contributed by atoms with Gasteiger partial charge in [0.25, 0.3) is 5.91 Å². The third kappa shape index (κ3) is 4.39. The van der Waals surface area contributed by atoms with Gasteiger partial charge < -0.3 is 10.2 Å². The van der Waals surface area contributed by atoms with Crippen molar-refractivity contribution in [3.8, 4) is 0 Å². The van der Waals surface area contributed by atoms with Gasteiger partial charge in [-0.25, -0.2) is 4.39 Å². The van der Waals surface area contributed by atoms with Gasteiger partial charge >= 0.3 is 0 Å². The molecule has 0 aromatic heterocycles. The number of halogens is 1. The number of amides is 2. The number of carbonyl (C=O) groups excluding carboxylic acids is 2. The van der Waals surface area contributed by atoms with Crippen molar-refractivity contribution in [1.82, 2.24) is 10.2 Å². The van der Waals surface area contributed by atoms with Gasteiger partial charge in [0.2, 0.25) is 5.91 Å². The van der Waals surface area contributed by atoms with Gasteiger partial charge in [-0.15, -0.1) is 0 Å². The molecular weight excluding hydrogens is 419 g/mol. The number of nitrogens with one attached hydrogen (secondary N) is 1. The molecule has 1 atom stereocenters. The van der Waals surface area contributed by atoms with Crippen molar-refractivity contribution in [3.05, 3.63) is 59.9 Å². The van der Waals surface area contributed by atoms with Crippen LogP contribution in [0.15, 0.2) is 48.5 Å². The molecule has 1 saturated carbocycles. The minimum absolute atomic E-state index is 0.0824. The summed E-state index contributed by atoms with van der Waals surface area (Å²) in [4.78, 5) is 33.2. The second-order valence-corrected chi connectivity index (χ2v) is 9.23. The Labute approximate surface area is 194 Å². The first-order valence-corrected chi connectivity index (χ1v) is 12.1. The molecule has 2 amide bonds. The average Bonchev–Trinajstić information content (AvgIpc) is 3.12. The van der Waals surface area contributed by atoms with Crippen molar-refractivity contribution in [2.24, 2.45) is 0 Å². The highest BCUT2D eigenvalue weighted by Crippen LogP contribution is 2.44. The summed E-state index contributed by atoms with van der Waals surface area (Å²) in [5.74, 6) is -0.683. The lowest BCUT2D eigenvalue weighted by Crippen LogP contribution is -2.51. The molecule has 0 spiro atoms. The van der Waals surface area contributed by atoms with E-state index in [1.165, 1.54) is 23.5 Å². The third-order valence-corrected chi connectivity index (χ3v) is 7.08. The van der Waals surface area contributed by atoms with Crippen LogP contribution in [0.25, 0.3) is 0 Å². The summed E-state index contributed by atoms with van der Waals surface area (Å²) in [6, 6.07) is 13.2. The quantitative estimate of drug-likeness (QED) is 0.758. The van der Waals surface area contributed by atoms with Crippen LogP contribution in [0.4, 0.5) is 15.8 Å². The third-order valence-electron chi connectivity index (χ3n) is 7.08. The second kappa shape index (κ2) is 9.61. The van der Waals surface area contributed by atoms with E-state index in [1.54, 1.807) is 12.1 Å². The Morgan fingerprint density at radius 1 is 1.03 bits per heavy atom. The SMILES string of the molecule is O=C1C(N(C(=O)CN2CCNCC2)c2cccc(F)c2)c2ccccc2N1C1CCCCC1. The first kappa shape index (κ1) is 22.0. The van der Waals surface area contributed by atoms with Gasteiger partial charge in [-0.1, -0.05) is 43.5 Å². The first-order chi connectivity index (χ1) is 16.1. The molecule has 2 aromatic carbocycles. The molecule has 1 unspecified atom stereocenters. The van der Waals surface area contributed by atoms with Gasteiger partial charge in [-0.3, -0.25) is 19.4 Å². The fraction of sp³-hybridized carbons (Fsp3) is 0.462. The van der Waals surface area contributed by atoms with E-state index in [4.69, 9.17) is 0 Å². The number of para-hydroxylation sites is 1. The fourth-order valence-corrected chi connectivity index (χ4v) is 5.49. The monoisotopic (exact) mass is 450 g/mol. The van der Waals surface area contributed by atoms with E-state index in [9.17, 15) is 14.0 Å². The number of rotatable bonds is 5. The van der Waals surface area contributed by atoms with E-state index >= 15 is 0 Å². The lowest BCUT2D eigenvalue weighted by Gasteiger charge is -2.34. The molecule has 0 bridgehead atoms. The van der Waals surface area contributed by atoms with Crippen molar-refractivity contribution < 1.29 is 14.0 Å². The predicted molar refractivity (Wildman–Crippen MR) is 127 cm³/mol. The summed E-state index contributed by atoms with van der Waals surface area (Å²) in [5, 5.41) is 3.30. The van der Waals surface area contributed by atoms with Gasteiger partial charge in [-0.2, -0.15) is 0 Å². The Morgan fingerprint density at radius 3 is 2.55 bits per heavy atom. The van der Waals surface area contributed by atoms with Crippen molar-refractivity contribution >= 4 is 23.2 Å². The maximum absolute atomic E-state index is 14.2. The van der Waals surface area contributed by atoms with Gasteiger partial charge in [0.15, 0.2) is 0 Å². The minimum atomic E-state index is -0.777. The summed E-state index contributed by atoms with van der Waals surface area (Å²) >= 11 is 0. The summed E-state index contributed by atoms with van der Waals surface area (Å²) in [6.45, 7) is 3.40. The number of benzene rings is 2. The van der Waals surface area contributed by atoms with Crippen LogP contribution in [0.2, 0.25) is 0 Å². The molecule has 2 fully saturated rings. The first-order valence-electron chi connectivity index (χ1n) is 12.1. The van der Waals surface area contributed by atoms with Crippen LogP contribution in [0.3, 0.4) is 0 Å². The molecule has 2 aliphatic heterocycles. The normalized spacial score (nSPS) is 21.8. The van der Waals surface area contributed by atoms with E-state index in [-0.39, 0.29) is 24.4 Å². The molecule has 6 nitrogen and oxygen atoms in total. The molecule has 1 N–H and O–H groups in total. The number of hydrogen-bond acceptors (Lipinski definition) is 4. The second-order valence-electron chi connectivity index (χ2n) is 9.23. The van der Waals surface area contributed by atoms with Crippen LogP contribution in [-0.2, 0) is 9.59 Å².